The van der Waals surface area contributed by atoms with E-state index < -0.39 is 181 Å². The van der Waals surface area contributed by atoms with Crippen molar-refractivity contribution in [3.05, 3.63) is 65.7 Å². The molecule has 34 heteroatoms. The van der Waals surface area contributed by atoms with Gasteiger partial charge in [0.1, 0.15) is 60.1 Å². The van der Waals surface area contributed by atoms with E-state index in [0.717, 1.165) is 9.80 Å². The molecule has 2 fully saturated rings. The number of guanidine groups is 1. The first kappa shape index (κ1) is 74.9. The molecule has 92 heavy (non-hydrogen) atoms. The van der Waals surface area contributed by atoms with E-state index in [-0.39, 0.29) is 94.8 Å². The van der Waals surface area contributed by atoms with Gasteiger partial charge in [-0.2, -0.15) is 12.6 Å². The second-order valence-electron chi connectivity index (χ2n) is 22.4. The van der Waals surface area contributed by atoms with Gasteiger partial charge >= 0.3 is 17.9 Å². The topological polar surface area (TPSA) is 537 Å². The second-order valence-corrected chi connectivity index (χ2v) is 22.8. The Balaban J connectivity index is 1.50. The molecular formula is C58H83N15O18S. The van der Waals surface area contributed by atoms with Crippen LogP contribution in [0, 0.1) is 11.3 Å². The van der Waals surface area contributed by atoms with Gasteiger partial charge in [-0.3, -0.25) is 67.7 Å². The number of nitrogens with one attached hydrogen (secondary N) is 10. The standard InChI is InChI=1S/C58H83N15O18S/c1-30(2)47(60)55(88)66-35(19-21-46(79)80)50(83)71-40(29-92)52(85)68-37(25-32-14-16-33(74)17-15-32)48(81)64-28-44(76)72-23-7-12-41(72)53(86)69-38(27-43(59)75)51(84)67-36(11-6-22-63-58(61)62)56(89)73-24-8-13-42(73)54(87)65-34(18-20-45(77)78)49(82)70-39(57(90)91)26-31-9-4-3-5-10-31/h3-5,9-10,14-17,30,34-42,47,74,92H,6-8,11-13,18-29,60H2,1-2H3,(H2,59,75)(H,64,81)(H,65,87)(H,66,88)(H,67,84)(H,68,85)(H,69,86)(H,70,82)(H,71,83)(H,77,78)(H,79,80)(H,90,91)(H4,61,62,63)/t34-,35-,36-,37-,38-,39-,40-,41-,42-,47-/m0/s1. The highest BCUT2D eigenvalue weighted by Crippen LogP contribution is 2.22. The quantitative estimate of drug-likeness (QED) is 0.0131. The van der Waals surface area contributed by atoms with E-state index >= 15 is 0 Å². The number of likely N-dealkylation sites (tertiary alicyclic amines) is 2. The molecule has 10 atom stereocenters. The Morgan fingerprint density at radius 2 is 1.05 bits per heavy atom. The van der Waals surface area contributed by atoms with Crippen molar-refractivity contribution >= 4 is 101 Å². The van der Waals surface area contributed by atoms with Gasteiger partial charge in [-0.1, -0.05) is 56.3 Å². The van der Waals surface area contributed by atoms with Crippen LogP contribution in [0.15, 0.2) is 54.6 Å². The number of rotatable bonds is 37. The Morgan fingerprint density at radius 3 is 1.60 bits per heavy atom. The minimum absolute atomic E-state index is 0.00964. The molecule has 0 radical (unpaired) electrons. The highest BCUT2D eigenvalue weighted by atomic mass is 32.1. The van der Waals surface area contributed by atoms with Crippen molar-refractivity contribution in [3.8, 4) is 5.75 Å². The van der Waals surface area contributed by atoms with Gasteiger partial charge in [-0.25, -0.2) is 4.79 Å². The number of benzene rings is 2. The summed E-state index contributed by atoms with van der Waals surface area (Å²) in [6.07, 6.45) is -2.88. The number of aromatic hydroxyl groups is 1. The Morgan fingerprint density at radius 1 is 0.576 bits per heavy atom. The predicted octanol–water partition coefficient (Wildman–Crippen LogP) is -4.46. The molecule has 11 amide bonds. The molecule has 2 aliphatic rings. The molecule has 2 saturated heterocycles. The maximum absolute atomic E-state index is 14.5. The monoisotopic (exact) mass is 1310 g/mol. The SMILES string of the molecule is CC(C)[C@H](N)C(=O)N[C@@H](CCC(=O)O)C(=O)N[C@@H](CS)C(=O)N[C@@H](Cc1ccc(O)cc1)C(=O)NCC(=O)N1CCC[C@H]1C(=O)N[C@@H](CC(N)=O)C(=O)N[C@@H](CCCNC(=N)N)C(=O)N1CCC[C@H]1C(=O)N[C@@H](CCC(=O)O)C(=O)N[C@@H](Cc1ccccc1)C(=O)O. The van der Waals surface area contributed by atoms with Crippen LogP contribution in [-0.4, -0.2) is 211 Å². The maximum atomic E-state index is 14.5. The number of nitrogens with zero attached hydrogens (tertiary/aromatic N) is 2. The molecule has 0 unspecified atom stereocenters. The number of carbonyl (C=O) groups excluding carboxylic acids is 11. The van der Waals surface area contributed by atoms with Crippen LogP contribution in [0.4, 0.5) is 0 Å². The lowest BCUT2D eigenvalue weighted by molar-refractivity contribution is -0.144. The first-order valence-corrected chi connectivity index (χ1v) is 30.3. The molecule has 2 aromatic rings. The summed E-state index contributed by atoms with van der Waals surface area (Å²) in [6, 6.07) is -0.633. The second kappa shape index (κ2) is 36.9. The summed E-state index contributed by atoms with van der Waals surface area (Å²) in [6.45, 7) is 2.45. The molecule has 20 N–H and O–H groups in total. The molecule has 2 heterocycles. The third-order valence-electron chi connectivity index (χ3n) is 15.1. The number of carboxylic acid groups (broad SMARTS) is 3. The van der Waals surface area contributed by atoms with Crippen molar-refractivity contribution in [2.24, 2.45) is 23.1 Å². The van der Waals surface area contributed by atoms with E-state index in [2.05, 4.69) is 60.5 Å². The van der Waals surface area contributed by atoms with Crippen LogP contribution in [0.3, 0.4) is 0 Å². The molecule has 0 aliphatic carbocycles. The summed E-state index contributed by atoms with van der Waals surface area (Å²) >= 11 is 4.19. The zero-order valence-electron chi connectivity index (χ0n) is 50.9. The Labute approximate surface area is 534 Å². The summed E-state index contributed by atoms with van der Waals surface area (Å²) < 4.78 is 0. The van der Waals surface area contributed by atoms with Crippen molar-refractivity contribution in [2.75, 3.05) is 31.9 Å². The number of hydrogen-bond acceptors (Lipinski definition) is 18. The lowest BCUT2D eigenvalue weighted by Crippen LogP contribution is -2.60. The van der Waals surface area contributed by atoms with Crippen molar-refractivity contribution in [1.82, 2.24) is 57.7 Å². The van der Waals surface area contributed by atoms with Gasteiger partial charge in [0.05, 0.1) is 19.0 Å². The van der Waals surface area contributed by atoms with Gasteiger partial charge in [0.2, 0.25) is 65.0 Å². The molecule has 0 aromatic heterocycles. The molecule has 2 aliphatic heterocycles. The lowest BCUT2D eigenvalue weighted by atomic mass is 10.0. The Kier molecular flexibility index (Phi) is 30.0. The zero-order valence-corrected chi connectivity index (χ0v) is 51.7. The molecule has 0 bridgehead atoms. The average Bonchev–Trinajstić information content (AvgIpc) is 1.70. The van der Waals surface area contributed by atoms with E-state index in [0.29, 0.717) is 11.1 Å². The summed E-state index contributed by atoms with van der Waals surface area (Å²) in [5, 5.41) is 68.4. The van der Waals surface area contributed by atoms with E-state index in [1.54, 1.807) is 44.2 Å². The smallest absolute Gasteiger partial charge is 0.326 e. The van der Waals surface area contributed by atoms with Crippen molar-refractivity contribution in [1.29, 1.82) is 5.41 Å². The van der Waals surface area contributed by atoms with Gasteiger partial charge in [-0.15, -0.1) is 0 Å². The molecule has 33 nitrogen and oxygen atoms in total. The van der Waals surface area contributed by atoms with E-state index in [4.69, 9.17) is 22.6 Å². The predicted molar refractivity (Wildman–Crippen MR) is 329 cm³/mol. The number of primary amides is 1. The average molecular weight is 1310 g/mol. The lowest BCUT2D eigenvalue weighted by Gasteiger charge is -2.31. The first-order chi connectivity index (χ1) is 43.5. The summed E-state index contributed by atoms with van der Waals surface area (Å²) in [4.78, 5) is 189. The Hall–Kier alpha value is -9.60. The summed E-state index contributed by atoms with van der Waals surface area (Å²) in [5.41, 5.74) is 17.9. The summed E-state index contributed by atoms with van der Waals surface area (Å²) in [5.74, 6) is -15.6. The van der Waals surface area contributed by atoms with Crippen LogP contribution in [0.1, 0.15) is 95.6 Å². The van der Waals surface area contributed by atoms with Gasteiger partial charge in [0.15, 0.2) is 5.96 Å². The molecule has 0 saturated carbocycles. The molecular weight excluding hydrogens is 1230 g/mol. The highest BCUT2D eigenvalue weighted by Gasteiger charge is 2.42. The van der Waals surface area contributed by atoms with Gasteiger partial charge < -0.3 is 95.3 Å². The number of amides is 11. The van der Waals surface area contributed by atoms with Crippen LogP contribution in [0.2, 0.25) is 0 Å². The normalized spacial score (nSPS) is 16.9. The van der Waals surface area contributed by atoms with Gasteiger partial charge in [-0.05, 0) is 80.5 Å². The maximum Gasteiger partial charge on any atom is 0.326 e. The van der Waals surface area contributed by atoms with Crippen LogP contribution in [-0.2, 0) is 80.0 Å². The highest BCUT2D eigenvalue weighted by molar-refractivity contribution is 7.80. The third kappa shape index (κ3) is 24.3. The largest absolute Gasteiger partial charge is 0.508 e. The number of aliphatic carboxylic acids is 3. The first-order valence-electron chi connectivity index (χ1n) is 29.7. The van der Waals surface area contributed by atoms with Crippen LogP contribution < -0.4 is 65.1 Å². The number of carbonyl (C=O) groups is 14. The van der Waals surface area contributed by atoms with Crippen LogP contribution in [0.5, 0.6) is 5.75 Å². The van der Waals surface area contributed by atoms with E-state index in [9.17, 15) is 87.5 Å². The fourth-order valence-corrected chi connectivity index (χ4v) is 10.3. The zero-order chi connectivity index (χ0) is 68.4. The number of carboxylic acids is 3. The van der Waals surface area contributed by atoms with Crippen molar-refractivity contribution < 1.29 is 87.5 Å². The van der Waals surface area contributed by atoms with E-state index in [1.807, 2.05) is 0 Å². The van der Waals surface area contributed by atoms with Crippen molar-refractivity contribution in [3.63, 3.8) is 0 Å². The fraction of sp³-hybridized carbons (Fsp3) is 0.534. The number of nitrogens with two attached hydrogens (primary N) is 3. The van der Waals surface area contributed by atoms with E-state index in [1.165, 1.54) is 24.3 Å². The third-order valence-corrected chi connectivity index (χ3v) is 15.4. The number of phenols is 1. The molecule has 0 spiro atoms. The van der Waals surface area contributed by atoms with Crippen LogP contribution >= 0.6 is 12.6 Å². The Bertz CT molecular complexity index is 3000. The number of phenolic OH excluding ortho intramolecular Hbond substituents is 1. The minimum Gasteiger partial charge on any atom is -0.508 e. The van der Waals surface area contributed by atoms with Gasteiger partial charge in [0.25, 0.3) is 0 Å². The van der Waals surface area contributed by atoms with Crippen molar-refractivity contribution in [2.45, 2.75) is 158 Å². The molecule has 4 rings (SSSR count). The molecule has 504 valence electrons. The minimum atomic E-state index is -1.78. The fourth-order valence-electron chi connectivity index (χ4n) is 10.0. The van der Waals surface area contributed by atoms with Crippen LogP contribution in [0.25, 0.3) is 0 Å². The van der Waals surface area contributed by atoms with Gasteiger partial charge in [0, 0.05) is 51.1 Å². The summed E-state index contributed by atoms with van der Waals surface area (Å²) in [7, 11) is 0. The molecule has 2 aromatic carbocycles. The number of hydrogen-bond donors (Lipinski definition) is 18. The number of thiol groups is 1.